The highest BCUT2D eigenvalue weighted by molar-refractivity contribution is 7.99. The van der Waals surface area contributed by atoms with Gasteiger partial charge in [-0.15, -0.1) is 11.8 Å². The Kier molecular flexibility index (Phi) is 6.15. The lowest BCUT2D eigenvalue weighted by molar-refractivity contribution is -0.141. The van der Waals surface area contributed by atoms with E-state index in [0.717, 1.165) is 11.3 Å². The van der Waals surface area contributed by atoms with Gasteiger partial charge in [-0.2, -0.15) is 0 Å². The smallest absolute Gasteiger partial charge is 0.306 e. The summed E-state index contributed by atoms with van der Waals surface area (Å²) in [7, 11) is 0. The van der Waals surface area contributed by atoms with Crippen LogP contribution in [-0.4, -0.2) is 16.8 Å². The number of rotatable bonds is 7. The third-order valence-electron chi connectivity index (χ3n) is 3.20. The van der Waals surface area contributed by atoms with E-state index in [2.05, 4.69) is 0 Å². The molecule has 1 unspecified atom stereocenters. The maximum absolute atomic E-state index is 11.4. The molecule has 2 aromatic carbocycles. The largest absolute Gasteiger partial charge is 0.481 e. The summed E-state index contributed by atoms with van der Waals surface area (Å²) in [5.41, 5.74) is 0.972. The third-order valence-corrected chi connectivity index (χ3v) is 4.48. The molecule has 0 aromatic heterocycles. The molecule has 1 N–H and O–H groups in total. The van der Waals surface area contributed by atoms with E-state index in [9.17, 15) is 9.90 Å². The summed E-state index contributed by atoms with van der Waals surface area (Å²) in [4.78, 5) is 12.6. The van der Waals surface area contributed by atoms with E-state index in [1.54, 1.807) is 17.8 Å². The van der Waals surface area contributed by atoms with Gasteiger partial charge in [0.05, 0.1) is 5.92 Å². The fourth-order valence-electron chi connectivity index (χ4n) is 2.10. The molecule has 0 fully saturated rings. The predicted molar refractivity (Wildman–Crippen MR) is 88.1 cm³/mol. The molecule has 110 valence electrons. The second kappa shape index (κ2) is 8.11. The molecule has 0 spiro atoms. The van der Waals surface area contributed by atoms with Crippen LogP contribution in [0.5, 0.6) is 0 Å². The number of carboxylic acids is 1. The standard InChI is InChI=1S/C17H17ClO2S/c18-15-6-4-5-13(12-15)11-14(17(19)20)9-10-21-16-7-2-1-3-8-16/h1-8,12,14H,9-11H2,(H,19,20). The van der Waals surface area contributed by atoms with Gasteiger partial charge >= 0.3 is 5.97 Å². The van der Waals surface area contributed by atoms with Crippen LogP contribution in [0.2, 0.25) is 5.02 Å². The van der Waals surface area contributed by atoms with Gasteiger partial charge in [-0.3, -0.25) is 4.79 Å². The molecule has 2 aromatic rings. The van der Waals surface area contributed by atoms with Crippen LogP contribution < -0.4 is 0 Å². The van der Waals surface area contributed by atoms with Crippen molar-refractivity contribution in [1.29, 1.82) is 0 Å². The second-order valence-electron chi connectivity index (χ2n) is 4.82. The van der Waals surface area contributed by atoms with E-state index >= 15 is 0 Å². The number of carboxylic acid groups (broad SMARTS) is 1. The molecule has 0 aliphatic rings. The first-order valence-electron chi connectivity index (χ1n) is 6.80. The van der Waals surface area contributed by atoms with Crippen molar-refractivity contribution in [2.24, 2.45) is 5.92 Å². The number of aliphatic carboxylic acids is 1. The SMILES string of the molecule is O=C(O)C(CCSc1ccccc1)Cc1cccc(Cl)c1. The van der Waals surface area contributed by atoms with Gasteiger partial charge in [-0.25, -0.2) is 0 Å². The Labute approximate surface area is 134 Å². The van der Waals surface area contributed by atoms with Gasteiger partial charge in [0.25, 0.3) is 0 Å². The molecule has 1 atom stereocenters. The number of hydrogen-bond donors (Lipinski definition) is 1. The average Bonchev–Trinajstić information content (AvgIpc) is 2.47. The minimum absolute atomic E-state index is 0.375. The highest BCUT2D eigenvalue weighted by atomic mass is 35.5. The summed E-state index contributed by atoms with van der Waals surface area (Å²) in [6.07, 6.45) is 1.16. The van der Waals surface area contributed by atoms with Crippen molar-refractivity contribution in [1.82, 2.24) is 0 Å². The van der Waals surface area contributed by atoms with Gasteiger partial charge in [0.2, 0.25) is 0 Å². The zero-order valence-electron chi connectivity index (χ0n) is 11.5. The first-order valence-corrected chi connectivity index (χ1v) is 8.16. The third kappa shape index (κ3) is 5.44. The molecule has 0 aliphatic carbocycles. The zero-order valence-corrected chi connectivity index (χ0v) is 13.1. The molecule has 0 amide bonds. The van der Waals surface area contributed by atoms with Crippen molar-refractivity contribution in [3.63, 3.8) is 0 Å². The number of thioether (sulfide) groups is 1. The van der Waals surface area contributed by atoms with E-state index in [4.69, 9.17) is 11.6 Å². The first-order chi connectivity index (χ1) is 10.1. The minimum Gasteiger partial charge on any atom is -0.481 e. The topological polar surface area (TPSA) is 37.3 Å². The quantitative estimate of drug-likeness (QED) is 0.747. The molecule has 0 bridgehead atoms. The lowest BCUT2D eigenvalue weighted by Gasteiger charge is -2.12. The summed E-state index contributed by atoms with van der Waals surface area (Å²) in [6, 6.07) is 17.4. The van der Waals surface area contributed by atoms with Crippen LogP contribution >= 0.6 is 23.4 Å². The van der Waals surface area contributed by atoms with E-state index in [-0.39, 0.29) is 5.92 Å². The van der Waals surface area contributed by atoms with Crippen LogP contribution in [0.3, 0.4) is 0 Å². The van der Waals surface area contributed by atoms with E-state index in [1.165, 1.54) is 4.90 Å². The summed E-state index contributed by atoms with van der Waals surface area (Å²) in [5, 5.41) is 10.0. The molecule has 4 heteroatoms. The summed E-state index contributed by atoms with van der Waals surface area (Å²) >= 11 is 7.63. The zero-order chi connectivity index (χ0) is 15.1. The molecule has 2 rings (SSSR count). The van der Waals surface area contributed by atoms with Crippen LogP contribution in [0.15, 0.2) is 59.5 Å². The highest BCUT2D eigenvalue weighted by Crippen LogP contribution is 2.22. The Morgan fingerprint density at radius 1 is 1.14 bits per heavy atom. The van der Waals surface area contributed by atoms with Gasteiger partial charge in [-0.05, 0) is 48.4 Å². The van der Waals surface area contributed by atoms with Crippen LogP contribution in [0, 0.1) is 5.92 Å². The molecule has 0 radical (unpaired) electrons. The van der Waals surface area contributed by atoms with Crippen LogP contribution in [0.1, 0.15) is 12.0 Å². The number of hydrogen-bond acceptors (Lipinski definition) is 2. The summed E-state index contributed by atoms with van der Waals surface area (Å²) in [6.45, 7) is 0. The highest BCUT2D eigenvalue weighted by Gasteiger charge is 2.18. The Hall–Kier alpha value is -1.45. The van der Waals surface area contributed by atoms with Crippen molar-refractivity contribution in [3.8, 4) is 0 Å². The van der Waals surface area contributed by atoms with E-state index in [0.29, 0.717) is 17.9 Å². The van der Waals surface area contributed by atoms with Crippen LogP contribution in [0.4, 0.5) is 0 Å². The molecular formula is C17H17ClO2S. The van der Waals surface area contributed by atoms with E-state index in [1.807, 2.05) is 48.5 Å². The maximum atomic E-state index is 11.4. The Bertz CT molecular complexity index is 586. The molecule has 0 aliphatic heterocycles. The second-order valence-corrected chi connectivity index (χ2v) is 6.42. The molecular weight excluding hydrogens is 304 g/mol. The van der Waals surface area contributed by atoms with Gasteiger partial charge in [0, 0.05) is 9.92 Å². The molecule has 0 saturated heterocycles. The Morgan fingerprint density at radius 2 is 1.90 bits per heavy atom. The fraction of sp³-hybridized carbons (Fsp3) is 0.235. The normalized spacial score (nSPS) is 12.0. The molecule has 0 saturated carbocycles. The average molecular weight is 321 g/mol. The number of carbonyl (C=O) groups is 1. The van der Waals surface area contributed by atoms with Crippen molar-refractivity contribution >= 4 is 29.3 Å². The molecule has 0 heterocycles. The summed E-state index contributed by atoms with van der Waals surface area (Å²) in [5.74, 6) is -0.329. The maximum Gasteiger partial charge on any atom is 0.306 e. The predicted octanol–water partition coefficient (Wildman–Crippen LogP) is 4.77. The molecule has 2 nitrogen and oxygen atoms in total. The van der Waals surface area contributed by atoms with Gasteiger partial charge in [-0.1, -0.05) is 41.9 Å². The lowest BCUT2D eigenvalue weighted by atomic mass is 9.97. The monoisotopic (exact) mass is 320 g/mol. The van der Waals surface area contributed by atoms with Gasteiger partial charge in [0.1, 0.15) is 0 Å². The number of halogens is 1. The Morgan fingerprint density at radius 3 is 2.57 bits per heavy atom. The van der Waals surface area contributed by atoms with Crippen molar-refractivity contribution in [2.75, 3.05) is 5.75 Å². The van der Waals surface area contributed by atoms with Crippen LogP contribution in [0.25, 0.3) is 0 Å². The first kappa shape index (κ1) is 15.9. The lowest BCUT2D eigenvalue weighted by Crippen LogP contribution is -2.17. The van der Waals surface area contributed by atoms with Crippen molar-refractivity contribution in [3.05, 3.63) is 65.2 Å². The Balaban J connectivity index is 1.89. The van der Waals surface area contributed by atoms with Crippen LogP contribution in [-0.2, 0) is 11.2 Å². The van der Waals surface area contributed by atoms with Gasteiger partial charge < -0.3 is 5.11 Å². The van der Waals surface area contributed by atoms with Crippen molar-refractivity contribution < 1.29 is 9.90 Å². The van der Waals surface area contributed by atoms with E-state index < -0.39 is 5.97 Å². The van der Waals surface area contributed by atoms with Gasteiger partial charge in [0.15, 0.2) is 0 Å². The summed E-state index contributed by atoms with van der Waals surface area (Å²) < 4.78 is 0. The fourth-order valence-corrected chi connectivity index (χ4v) is 3.30. The molecule has 21 heavy (non-hydrogen) atoms. The minimum atomic E-state index is -0.747. The van der Waals surface area contributed by atoms with Crippen molar-refractivity contribution in [2.45, 2.75) is 17.7 Å². The number of benzene rings is 2.